The maximum absolute atomic E-state index is 11.5. The Morgan fingerprint density at radius 2 is 1.93 bits per heavy atom. The van der Waals surface area contributed by atoms with E-state index in [9.17, 15) is 4.79 Å². The molecule has 0 amide bonds. The predicted molar refractivity (Wildman–Crippen MR) is 101 cm³/mol. The minimum absolute atomic E-state index is 0.304. The molecule has 3 heterocycles. The summed E-state index contributed by atoms with van der Waals surface area (Å²) < 4.78 is 10.8. The van der Waals surface area contributed by atoms with E-state index in [-0.39, 0.29) is 5.78 Å². The Morgan fingerprint density at radius 3 is 2.68 bits per heavy atom. The summed E-state index contributed by atoms with van der Waals surface area (Å²) in [5, 5.41) is 13.0. The fourth-order valence-electron chi connectivity index (χ4n) is 3.04. The average Bonchev–Trinajstić information content (AvgIpc) is 3.23. The molecule has 0 unspecified atom stereocenters. The first kappa shape index (κ1) is 18.3. The van der Waals surface area contributed by atoms with Gasteiger partial charge in [0.2, 0.25) is 0 Å². The van der Waals surface area contributed by atoms with E-state index in [4.69, 9.17) is 14.4 Å². The molecular formula is C20H20N4O4. The topological polar surface area (TPSA) is 102 Å². The molecular weight excluding hydrogens is 360 g/mol. The zero-order valence-corrected chi connectivity index (χ0v) is 15.2. The number of anilines is 1. The van der Waals surface area contributed by atoms with Crippen LogP contribution in [0.2, 0.25) is 0 Å². The van der Waals surface area contributed by atoms with Gasteiger partial charge in [0, 0.05) is 36.8 Å². The normalized spacial score (nSPS) is 14.2. The maximum Gasteiger partial charge on any atom is 0.258 e. The molecule has 8 heteroatoms. The van der Waals surface area contributed by atoms with Crippen LogP contribution in [0.4, 0.5) is 5.82 Å². The number of aromatic nitrogens is 3. The molecule has 0 aliphatic carbocycles. The number of hydrogen-bond acceptors (Lipinski definition) is 8. The number of hydrogen-bond donors (Lipinski definition) is 1. The van der Waals surface area contributed by atoms with Crippen molar-refractivity contribution in [3.63, 3.8) is 0 Å². The monoisotopic (exact) mass is 380 g/mol. The van der Waals surface area contributed by atoms with Crippen LogP contribution < -0.4 is 4.90 Å². The van der Waals surface area contributed by atoms with Gasteiger partial charge >= 0.3 is 0 Å². The molecule has 1 aromatic carbocycles. The number of aliphatic hydroxyl groups excluding tert-OH is 1. The minimum Gasteiger partial charge on any atom is -0.388 e. The Balaban J connectivity index is 1.47. The molecule has 1 fully saturated rings. The third kappa shape index (κ3) is 4.08. The molecule has 4 rings (SSSR count). The Morgan fingerprint density at radius 1 is 1.14 bits per heavy atom. The number of ketones is 1. The third-order valence-corrected chi connectivity index (χ3v) is 4.58. The molecule has 0 atom stereocenters. The molecule has 1 aliphatic rings. The standard InChI is InChI=1S/C20H20N4O4/c25-13-17(26)15-3-1-14(2-4-15)11-18-22-20(28-23-18)16-5-6-21-19(12-16)24-7-9-27-10-8-24/h1-6,12,25H,7-11,13H2. The number of rotatable bonds is 6. The highest BCUT2D eigenvalue weighted by atomic mass is 16.5. The molecule has 0 spiro atoms. The van der Waals surface area contributed by atoms with Crippen molar-refractivity contribution < 1.29 is 19.2 Å². The largest absolute Gasteiger partial charge is 0.388 e. The number of pyridine rings is 1. The van der Waals surface area contributed by atoms with Crippen LogP contribution in [0.3, 0.4) is 0 Å². The summed E-state index contributed by atoms with van der Waals surface area (Å²) in [5.74, 6) is 1.56. The highest BCUT2D eigenvalue weighted by molar-refractivity contribution is 5.96. The van der Waals surface area contributed by atoms with Crippen molar-refractivity contribution in [1.29, 1.82) is 0 Å². The van der Waals surface area contributed by atoms with Crippen LogP contribution in [0.15, 0.2) is 47.1 Å². The molecule has 1 aliphatic heterocycles. The van der Waals surface area contributed by atoms with Crippen LogP contribution in [0.25, 0.3) is 11.5 Å². The van der Waals surface area contributed by atoms with Crippen LogP contribution in [0, 0.1) is 0 Å². The number of carbonyl (C=O) groups excluding carboxylic acids is 1. The minimum atomic E-state index is -0.494. The summed E-state index contributed by atoms with van der Waals surface area (Å²) in [7, 11) is 0. The molecule has 1 saturated heterocycles. The molecule has 0 saturated carbocycles. The smallest absolute Gasteiger partial charge is 0.258 e. The van der Waals surface area contributed by atoms with Crippen molar-refractivity contribution in [3.05, 3.63) is 59.5 Å². The van der Waals surface area contributed by atoms with Gasteiger partial charge in [-0.25, -0.2) is 4.98 Å². The number of benzene rings is 1. The number of Topliss-reactive ketones (excluding diaryl/α,β-unsaturated/α-hetero) is 1. The van der Waals surface area contributed by atoms with Crippen LogP contribution >= 0.6 is 0 Å². The van der Waals surface area contributed by atoms with Crippen LogP contribution in [-0.2, 0) is 11.2 Å². The molecule has 8 nitrogen and oxygen atoms in total. The van der Waals surface area contributed by atoms with Crippen LogP contribution in [0.5, 0.6) is 0 Å². The molecule has 28 heavy (non-hydrogen) atoms. The summed E-state index contributed by atoms with van der Waals surface area (Å²) in [6, 6.07) is 10.8. The van der Waals surface area contributed by atoms with E-state index in [2.05, 4.69) is 20.0 Å². The molecule has 144 valence electrons. The van der Waals surface area contributed by atoms with E-state index in [1.165, 1.54) is 0 Å². The fraction of sp³-hybridized carbons (Fsp3) is 0.300. The predicted octanol–water partition coefficient (Wildman–Crippen LogP) is 1.73. The van der Waals surface area contributed by atoms with Crippen molar-refractivity contribution in [3.8, 4) is 11.5 Å². The zero-order chi connectivity index (χ0) is 19.3. The van der Waals surface area contributed by atoms with Gasteiger partial charge in [-0.05, 0) is 17.7 Å². The number of carbonyl (C=O) groups is 1. The third-order valence-electron chi connectivity index (χ3n) is 4.58. The van der Waals surface area contributed by atoms with Crippen molar-refractivity contribution >= 4 is 11.6 Å². The number of morpholine rings is 1. The van der Waals surface area contributed by atoms with E-state index in [0.717, 1.165) is 30.0 Å². The highest BCUT2D eigenvalue weighted by Gasteiger charge is 2.15. The number of aliphatic hydroxyl groups is 1. The van der Waals surface area contributed by atoms with Gasteiger partial charge in [0.15, 0.2) is 11.6 Å². The van der Waals surface area contributed by atoms with Gasteiger partial charge in [0.05, 0.1) is 13.2 Å². The lowest BCUT2D eigenvalue weighted by Crippen LogP contribution is -2.36. The quantitative estimate of drug-likeness (QED) is 0.645. The van der Waals surface area contributed by atoms with E-state index in [1.54, 1.807) is 18.3 Å². The first-order chi connectivity index (χ1) is 13.7. The first-order valence-corrected chi connectivity index (χ1v) is 9.07. The van der Waals surface area contributed by atoms with Crippen molar-refractivity contribution in [2.45, 2.75) is 6.42 Å². The lowest BCUT2D eigenvalue weighted by Gasteiger charge is -2.27. The van der Waals surface area contributed by atoms with Gasteiger partial charge in [-0.2, -0.15) is 4.98 Å². The SMILES string of the molecule is O=C(CO)c1ccc(Cc2noc(-c3ccnc(N4CCOCC4)c3)n2)cc1. The summed E-state index contributed by atoms with van der Waals surface area (Å²) >= 11 is 0. The molecule has 0 bridgehead atoms. The summed E-state index contributed by atoms with van der Waals surface area (Å²) in [6.45, 7) is 2.51. The maximum atomic E-state index is 11.5. The van der Waals surface area contributed by atoms with Gasteiger partial charge < -0.3 is 19.3 Å². The summed E-state index contributed by atoms with van der Waals surface area (Å²) in [5.41, 5.74) is 2.25. The second-order valence-electron chi connectivity index (χ2n) is 6.47. The molecule has 0 radical (unpaired) electrons. The highest BCUT2D eigenvalue weighted by Crippen LogP contribution is 2.22. The molecule has 2 aromatic heterocycles. The Kier molecular flexibility index (Phi) is 5.41. The van der Waals surface area contributed by atoms with E-state index in [0.29, 0.717) is 36.9 Å². The van der Waals surface area contributed by atoms with E-state index in [1.807, 2.05) is 24.3 Å². The van der Waals surface area contributed by atoms with Crippen molar-refractivity contribution in [1.82, 2.24) is 15.1 Å². The van der Waals surface area contributed by atoms with Gasteiger partial charge in [-0.1, -0.05) is 29.4 Å². The molecule has 1 N–H and O–H groups in total. The van der Waals surface area contributed by atoms with Gasteiger partial charge in [0.25, 0.3) is 5.89 Å². The molecule has 3 aromatic rings. The van der Waals surface area contributed by atoms with Crippen molar-refractivity contribution in [2.24, 2.45) is 0 Å². The second-order valence-corrected chi connectivity index (χ2v) is 6.47. The Hall–Kier alpha value is -3.10. The average molecular weight is 380 g/mol. The van der Waals surface area contributed by atoms with Crippen LogP contribution in [0.1, 0.15) is 21.7 Å². The van der Waals surface area contributed by atoms with Gasteiger partial charge in [-0.15, -0.1) is 0 Å². The lowest BCUT2D eigenvalue weighted by molar-refractivity contribution is 0.0903. The first-order valence-electron chi connectivity index (χ1n) is 9.07. The van der Waals surface area contributed by atoms with Gasteiger partial charge in [0.1, 0.15) is 12.4 Å². The summed E-state index contributed by atoms with van der Waals surface area (Å²) in [4.78, 5) is 22.6. The Labute approximate surface area is 161 Å². The summed E-state index contributed by atoms with van der Waals surface area (Å²) in [6.07, 6.45) is 2.22. The van der Waals surface area contributed by atoms with Crippen molar-refractivity contribution in [2.75, 3.05) is 37.8 Å². The van der Waals surface area contributed by atoms with E-state index < -0.39 is 6.61 Å². The number of nitrogens with zero attached hydrogens (tertiary/aromatic N) is 4. The second kappa shape index (κ2) is 8.28. The van der Waals surface area contributed by atoms with Crippen LogP contribution in [-0.4, -0.2) is 58.9 Å². The van der Waals surface area contributed by atoms with E-state index >= 15 is 0 Å². The number of ether oxygens (including phenoxy) is 1. The Bertz CT molecular complexity index is 949. The lowest BCUT2D eigenvalue weighted by atomic mass is 10.1. The fourth-order valence-corrected chi connectivity index (χ4v) is 3.04. The zero-order valence-electron chi connectivity index (χ0n) is 15.2. The van der Waals surface area contributed by atoms with Gasteiger partial charge in [-0.3, -0.25) is 4.79 Å².